The van der Waals surface area contributed by atoms with Gasteiger partial charge in [0.2, 0.25) is 0 Å². The van der Waals surface area contributed by atoms with Crippen LogP contribution in [0, 0.1) is 5.92 Å². The average Bonchev–Trinajstić information content (AvgIpc) is 2.78. The van der Waals surface area contributed by atoms with Crippen LogP contribution in [0.3, 0.4) is 0 Å². The Morgan fingerprint density at radius 3 is 3.06 bits per heavy atom. The van der Waals surface area contributed by atoms with Crippen LogP contribution in [0.2, 0.25) is 0 Å². The summed E-state index contributed by atoms with van der Waals surface area (Å²) >= 11 is 0. The van der Waals surface area contributed by atoms with E-state index in [0.717, 1.165) is 19.3 Å². The Morgan fingerprint density at radius 1 is 1.56 bits per heavy atom. The van der Waals surface area contributed by atoms with Crippen molar-refractivity contribution in [2.75, 3.05) is 13.2 Å². The minimum absolute atomic E-state index is 0.0241. The van der Waals surface area contributed by atoms with E-state index < -0.39 is 0 Å². The summed E-state index contributed by atoms with van der Waals surface area (Å²) in [5, 5.41) is 11.8. The Hall–Kier alpha value is -1.29. The van der Waals surface area contributed by atoms with Crippen molar-refractivity contribution in [2.45, 2.75) is 25.3 Å². The number of carbonyl (C=O) groups excluding carboxylic acids is 1. The zero-order chi connectivity index (χ0) is 11.4. The van der Waals surface area contributed by atoms with Crippen LogP contribution in [0.5, 0.6) is 0 Å². The lowest BCUT2D eigenvalue weighted by atomic mass is 10.1. The first-order chi connectivity index (χ1) is 7.79. The van der Waals surface area contributed by atoms with Crippen molar-refractivity contribution in [3.63, 3.8) is 0 Å². The summed E-state index contributed by atoms with van der Waals surface area (Å²) in [6.45, 7) is 0.765. The third kappa shape index (κ3) is 2.64. The maximum atomic E-state index is 11.7. The van der Waals surface area contributed by atoms with Gasteiger partial charge in [-0.15, -0.1) is 0 Å². The Labute approximate surface area is 95.0 Å². The highest BCUT2D eigenvalue weighted by Crippen LogP contribution is 2.18. The molecular weight excluding hydrogens is 206 g/mol. The topological polar surface area (TPSA) is 58.6 Å². The molecule has 0 unspecified atom stereocenters. The lowest BCUT2D eigenvalue weighted by Gasteiger charge is -2.17. The van der Waals surface area contributed by atoms with E-state index in [1.165, 1.54) is 0 Å². The number of rotatable bonds is 3. The fraction of sp³-hybridized carbons (Fsp3) is 0.583. The van der Waals surface area contributed by atoms with Crippen molar-refractivity contribution >= 4 is 5.91 Å². The summed E-state index contributed by atoms with van der Waals surface area (Å²) < 4.78 is 5.28. The van der Waals surface area contributed by atoms with Gasteiger partial charge in [-0.25, -0.2) is 0 Å². The number of ether oxygens (including phenoxy) is 1. The van der Waals surface area contributed by atoms with Gasteiger partial charge >= 0.3 is 0 Å². The van der Waals surface area contributed by atoms with Crippen LogP contribution >= 0.6 is 0 Å². The molecule has 16 heavy (non-hydrogen) atoms. The van der Waals surface area contributed by atoms with Crippen molar-refractivity contribution in [2.24, 2.45) is 5.92 Å². The first-order valence-electron chi connectivity index (χ1n) is 5.72. The SMILES string of the molecule is O=C(N[C@@H]1C=C[C@H](CO)C1)C1=CCCCO1. The summed E-state index contributed by atoms with van der Waals surface area (Å²) in [5.41, 5.74) is 0. The second-order valence-electron chi connectivity index (χ2n) is 4.20. The van der Waals surface area contributed by atoms with Crippen molar-refractivity contribution < 1.29 is 14.6 Å². The zero-order valence-electron chi connectivity index (χ0n) is 9.19. The highest BCUT2D eigenvalue weighted by molar-refractivity contribution is 5.91. The molecule has 0 saturated carbocycles. The monoisotopic (exact) mass is 223 g/mol. The standard InChI is InChI=1S/C12H17NO3/c14-8-9-4-5-10(7-9)13-12(15)11-3-1-2-6-16-11/h3-5,9-10,14H,1-2,6-8H2,(H,13,15)/t9-,10+/m0/s1. The average molecular weight is 223 g/mol. The second-order valence-corrected chi connectivity index (χ2v) is 4.20. The summed E-state index contributed by atoms with van der Waals surface area (Å²) in [5.74, 6) is 0.464. The number of hydrogen-bond donors (Lipinski definition) is 2. The number of hydrogen-bond acceptors (Lipinski definition) is 3. The molecular formula is C12H17NO3. The van der Waals surface area contributed by atoms with E-state index in [2.05, 4.69) is 5.32 Å². The maximum absolute atomic E-state index is 11.7. The number of aliphatic hydroxyl groups excluding tert-OH is 1. The van der Waals surface area contributed by atoms with Crippen molar-refractivity contribution in [3.05, 3.63) is 24.0 Å². The molecule has 88 valence electrons. The number of nitrogens with one attached hydrogen (secondary N) is 1. The Morgan fingerprint density at radius 2 is 2.44 bits per heavy atom. The van der Waals surface area contributed by atoms with Gasteiger partial charge in [0.25, 0.3) is 5.91 Å². The molecule has 0 fully saturated rings. The van der Waals surface area contributed by atoms with E-state index in [0.29, 0.717) is 12.4 Å². The van der Waals surface area contributed by atoms with E-state index in [1.54, 1.807) is 0 Å². The lowest BCUT2D eigenvalue weighted by molar-refractivity contribution is -0.121. The van der Waals surface area contributed by atoms with E-state index in [4.69, 9.17) is 9.84 Å². The van der Waals surface area contributed by atoms with Crippen LogP contribution in [-0.4, -0.2) is 30.3 Å². The van der Waals surface area contributed by atoms with Crippen molar-refractivity contribution in [1.82, 2.24) is 5.32 Å². The molecule has 0 aromatic heterocycles. The number of amides is 1. The highest BCUT2D eigenvalue weighted by Gasteiger charge is 2.22. The Balaban J connectivity index is 1.84. The normalized spacial score (nSPS) is 28.4. The Bertz CT molecular complexity index is 322. The molecule has 0 saturated heterocycles. The van der Waals surface area contributed by atoms with Crippen LogP contribution in [-0.2, 0) is 9.53 Å². The molecule has 1 aliphatic heterocycles. The first-order valence-corrected chi connectivity index (χ1v) is 5.72. The summed E-state index contributed by atoms with van der Waals surface area (Å²) in [6.07, 6.45) is 8.37. The number of carbonyl (C=O) groups is 1. The van der Waals surface area contributed by atoms with Gasteiger partial charge < -0.3 is 15.2 Å². The van der Waals surface area contributed by atoms with Crippen molar-refractivity contribution in [3.8, 4) is 0 Å². The Kier molecular flexibility index (Phi) is 3.62. The van der Waals surface area contributed by atoms with Gasteiger partial charge in [-0.05, 0) is 25.3 Å². The number of allylic oxidation sites excluding steroid dienone is 1. The molecule has 4 heteroatoms. The summed E-state index contributed by atoms with van der Waals surface area (Å²) in [6, 6.07) is 0.0241. The predicted molar refractivity (Wildman–Crippen MR) is 59.5 cm³/mol. The van der Waals surface area contributed by atoms with Gasteiger partial charge in [0, 0.05) is 18.6 Å². The van der Waals surface area contributed by atoms with Crippen LogP contribution in [0.1, 0.15) is 19.3 Å². The molecule has 1 aliphatic carbocycles. The fourth-order valence-electron chi connectivity index (χ4n) is 1.97. The van der Waals surface area contributed by atoms with E-state index in [1.807, 2.05) is 18.2 Å². The predicted octanol–water partition coefficient (Wildman–Crippen LogP) is 0.734. The van der Waals surface area contributed by atoms with Gasteiger partial charge in [-0.1, -0.05) is 12.2 Å². The largest absolute Gasteiger partial charge is 0.488 e. The second kappa shape index (κ2) is 5.16. The van der Waals surface area contributed by atoms with Crippen LogP contribution < -0.4 is 5.32 Å². The summed E-state index contributed by atoms with van der Waals surface area (Å²) in [7, 11) is 0. The molecule has 2 aliphatic rings. The minimum Gasteiger partial charge on any atom is -0.488 e. The van der Waals surface area contributed by atoms with Gasteiger partial charge in [0.15, 0.2) is 5.76 Å². The van der Waals surface area contributed by atoms with Crippen LogP contribution in [0.4, 0.5) is 0 Å². The van der Waals surface area contributed by atoms with Gasteiger partial charge in [-0.3, -0.25) is 4.79 Å². The number of aliphatic hydroxyl groups is 1. The molecule has 2 rings (SSSR count). The molecule has 1 heterocycles. The molecule has 0 aromatic rings. The third-order valence-electron chi connectivity index (χ3n) is 2.88. The summed E-state index contributed by atoms with van der Waals surface area (Å²) in [4.78, 5) is 11.7. The molecule has 2 atom stereocenters. The van der Waals surface area contributed by atoms with Crippen LogP contribution in [0.25, 0.3) is 0 Å². The van der Waals surface area contributed by atoms with Gasteiger partial charge in [0.05, 0.1) is 6.61 Å². The van der Waals surface area contributed by atoms with Gasteiger partial charge in [-0.2, -0.15) is 0 Å². The minimum atomic E-state index is -0.145. The molecule has 0 aromatic carbocycles. The zero-order valence-corrected chi connectivity index (χ0v) is 9.19. The van der Waals surface area contributed by atoms with E-state index in [9.17, 15) is 4.79 Å². The fourth-order valence-corrected chi connectivity index (χ4v) is 1.97. The highest BCUT2D eigenvalue weighted by atomic mass is 16.5. The van der Waals surface area contributed by atoms with E-state index >= 15 is 0 Å². The van der Waals surface area contributed by atoms with Gasteiger partial charge in [0.1, 0.15) is 0 Å². The lowest BCUT2D eigenvalue weighted by Crippen LogP contribution is -2.35. The molecule has 4 nitrogen and oxygen atoms in total. The first kappa shape index (κ1) is 11.2. The van der Waals surface area contributed by atoms with E-state index in [-0.39, 0.29) is 24.5 Å². The third-order valence-corrected chi connectivity index (χ3v) is 2.88. The maximum Gasteiger partial charge on any atom is 0.286 e. The molecule has 2 N–H and O–H groups in total. The molecule has 0 spiro atoms. The molecule has 1 amide bonds. The molecule has 0 bridgehead atoms. The quantitative estimate of drug-likeness (QED) is 0.694. The molecule has 0 radical (unpaired) electrons. The van der Waals surface area contributed by atoms with Crippen molar-refractivity contribution in [1.29, 1.82) is 0 Å². The van der Waals surface area contributed by atoms with Crippen LogP contribution in [0.15, 0.2) is 24.0 Å². The smallest absolute Gasteiger partial charge is 0.286 e.